The maximum atomic E-state index is 9.41. The van der Waals surface area contributed by atoms with Gasteiger partial charge in [-0.3, -0.25) is 0 Å². The van der Waals surface area contributed by atoms with Gasteiger partial charge >= 0.3 is 0 Å². The van der Waals surface area contributed by atoms with Gasteiger partial charge in [0.15, 0.2) is 11.7 Å². The molecule has 1 atom stereocenters. The maximum Gasteiger partial charge on any atom is 0.228 e. The molecule has 13 heavy (non-hydrogen) atoms. The Morgan fingerprint density at radius 2 is 2.23 bits per heavy atom. The van der Waals surface area contributed by atoms with Gasteiger partial charge in [-0.1, -0.05) is 0 Å². The van der Waals surface area contributed by atoms with E-state index in [1.807, 2.05) is 7.05 Å². The number of nitrogens with two attached hydrogens (primary N) is 1. The van der Waals surface area contributed by atoms with E-state index in [0.29, 0.717) is 11.7 Å². The summed E-state index contributed by atoms with van der Waals surface area (Å²) in [6, 6.07) is 0. The number of fused-ring (bicyclic) bond motifs is 1. The van der Waals surface area contributed by atoms with Crippen molar-refractivity contribution in [1.29, 1.82) is 0 Å². The van der Waals surface area contributed by atoms with Crippen LogP contribution in [0.2, 0.25) is 0 Å². The van der Waals surface area contributed by atoms with Crippen LogP contribution in [0.1, 0.15) is 5.69 Å². The maximum absolute atomic E-state index is 9.41. The summed E-state index contributed by atoms with van der Waals surface area (Å²) < 4.78 is 1.77. The summed E-state index contributed by atoms with van der Waals surface area (Å²) in [6.45, 7) is 0. The first kappa shape index (κ1) is 8.06. The van der Waals surface area contributed by atoms with Gasteiger partial charge in [0.1, 0.15) is 5.69 Å². The summed E-state index contributed by atoms with van der Waals surface area (Å²) in [5.41, 5.74) is 6.39. The Morgan fingerprint density at radius 3 is 2.92 bits per heavy atom. The van der Waals surface area contributed by atoms with Gasteiger partial charge in [-0.2, -0.15) is 0 Å². The SMILES string of the molecule is CN1c2ncn(C)c2C(N)=NC1O. The second-order valence-electron chi connectivity index (χ2n) is 3.00. The third-order valence-corrected chi connectivity index (χ3v) is 2.10. The van der Waals surface area contributed by atoms with Gasteiger partial charge < -0.3 is 20.3 Å². The number of hydrogen-bond donors (Lipinski definition) is 2. The van der Waals surface area contributed by atoms with Crippen molar-refractivity contribution >= 4 is 11.7 Å². The third-order valence-electron chi connectivity index (χ3n) is 2.10. The Hall–Kier alpha value is -1.56. The topological polar surface area (TPSA) is 79.7 Å². The predicted octanol–water partition coefficient (Wildman–Crippen LogP) is -1.15. The van der Waals surface area contributed by atoms with Gasteiger partial charge in [-0.05, 0) is 0 Å². The minimum atomic E-state index is -0.928. The first-order chi connectivity index (χ1) is 6.11. The van der Waals surface area contributed by atoms with E-state index in [-0.39, 0.29) is 0 Å². The normalized spacial score (nSPS) is 21.3. The zero-order valence-corrected chi connectivity index (χ0v) is 7.47. The van der Waals surface area contributed by atoms with Gasteiger partial charge in [0.2, 0.25) is 6.35 Å². The number of hydrogen-bond acceptors (Lipinski definition) is 5. The van der Waals surface area contributed by atoms with Crippen molar-refractivity contribution in [3.05, 3.63) is 12.0 Å². The number of imidazole rings is 1. The first-order valence-electron chi connectivity index (χ1n) is 3.87. The van der Waals surface area contributed by atoms with E-state index in [1.54, 1.807) is 22.8 Å². The van der Waals surface area contributed by atoms with Gasteiger partial charge in [-0.25, -0.2) is 9.98 Å². The summed E-state index contributed by atoms with van der Waals surface area (Å²) in [7, 11) is 3.55. The Balaban J connectivity index is 2.60. The molecule has 2 rings (SSSR count). The van der Waals surface area contributed by atoms with Gasteiger partial charge in [0, 0.05) is 14.1 Å². The molecule has 6 heteroatoms. The lowest BCUT2D eigenvalue weighted by molar-refractivity contribution is 0.182. The Labute approximate surface area is 75.3 Å². The van der Waals surface area contributed by atoms with Crippen LogP contribution in [0.15, 0.2) is 11.3 Å². The monoisotopic (exact) mass is 181 g/mol. The van der Waals surface area contributed by atoms with Gasteiger partial charge in [-0.15, -0.1) is 0 Å². The molecule has 1 aromatic rings. The van der Waals surface area contributed by atoms with Crippen LogP contribution >= 0.6 is 0 Å². The Bertz CT molecular complexity index is 369. The number of amidine groups is 1. The van der Waals surface area contributed by atoms with Crippen LogP contribution in [0.5, 0.6) is 0 Å². The molecule has 0 bridgehead atoms. The average Bonchev–Trinajstić information content (AvgIpc) is 2.44. The fourth-order valence-electron chi connectivity index (χ4n) is 1.35. The molecule has 2 heterocycles. The van der Waals surface area contributed by atoms with E-state index in [4.69, 9.17) is 5.73 Å². The van der Waals surface area contributed by atoms with Crippen LogP contribution in [0.3, 0.4) is 0 Å². The number of rotatable bonds is 0. The molecule has 0 aliphatic carbocycles. The second-order valence-corrected chi connectivity index (χ2v) is 3.00. The third kappa shape index (κ3) is 0.988. The molecule has 1 aliphatic rings. The first-order valence-corrected chi connectivity index (χ1v) is 3.87. The highest BCUT2D eigenvalue weighted by Gasteiger charge is 2.25. The zero-order valence-electron chi connectivity index (χ0n) is 7.47. The molecule has 0 saturated carbocycles. The fourth-order valence-corrected chi connectivity index (χ4v) is 1.35. The summed E-state index contributed by atoms with van der Waals surface area (Å²) in [5.74, 6) is 0.975. The summed E-state index contributed by atoms with van der Waals surface area (Å²) in [6.07, 6.45) is 0.712. The minimum absolute atomic E-state index is 0.320. The summed E-state index contributed by atoms with van der Waals surface area (Å²) in [4.78, 5) is 9.52. The fraction of sp³-hybridized carbons (Fsp3) is 0.429. The Morgan fingerprint density at radius 1 is 1.54 bits per heavy atom. The molecule has 70 valence electrons. The van der Waals surface area contributed by atoms with E-state index in [1.165, 1.54) is 0 Å². The molecule has 0 amide bonds. The quantitative estimate of drug-likeness (QED) is 0.529. The van der Waals surface area contributed by atoms with Gasteiger partial charge in [0.05, 0.1) is 6.33 Å². The van der Waals surface area contributed by atoms with Crippen LogP contribution < -0.4 is 10.6 Å². The largest absolute Gasteiger partial charge is 0.382 e. The van der Waals surface area contributed by atoms with E-state index < -0.39 is 6.35 Å². The number of aliphatic hydroxyl groups is 1. The molecule has 0 spiro atoms. The number of aryl methyl sites for hydroxylation is 1. The molecule has 1 aromatic heterocycles. The minimum Gasteiger partial charge on any atom is -0.382 e. The molecule has 0 fully saturated rings. The number of anilines is 1. The van der Waals surface area contributed by atoms with Crippen LogP contribution in [0, 0.1) is 0 Å². The molecule has 3 N–H and O–H groups in total. The van der Waals surface area contributed by atoms with Crippen molar-refractivity contribution in [3.63, 3.8) is 0 Å². The standard InChI is InChI=1S/C7H11N5O/c1-11-3-9-6-4(11)5(8)10-7(13)12(6)2/h3,7,13H,1-2H3,(H2,8,10). The zero-order chi connectivity index (χ0) is 9.59. The Kier molecular flexibility index (Phi) is 1.53. The summed E-state index contributed by atoms with van der Waals surface area (Å²) >= 11 is 0. The molecular weight excluding hydrogens is 170 g/mol. The number of aromatic nitrogens is 2. The molecular formula is C7H11N5O. The molecule has 0 aromatic carbocycles. The number of nitrogens with zero attached hydrogens (tertiary/aromatic N) is 4. The molecule has 6 nitrogen and oxygen atoms in total. The van der Waals surface area contributed by atoms with E-state index in [0.717, 1.165) is 5.69 Å². The van der Waals surface area contributed by atoms with Crippen molar-refractivity contribution in [2.75, 3.05) is 11.9 Å². The average molecular weight is 181 g/mol. The van der Waals surface area contributed by atoms with Crippen molar-refractivity contribution in [2.45, 2.75) is 6.35 Å². The molecule has 1 aliphatic heterocycles. The predicted molar refractivity (Wildman–Crippen MR) is 48.3 cm³/mol. The lowest BCUT2D eigenvalue weighted by atomic mass is 10.3. The van der Waals surface area contributed by atoms with Crippen LogP contribution in [-0.2, 0) is 7.05 Å². The van der Waals surface area contributed by atoms with Crippen molar-refractivity contribution in [3.8, 4) is 0 Å². The highest BCUT2D eigenvalue weighted by atomic mass is 16.3. The lowest BCUT2D eigenvalue weighted by Crippen LogP contribution is -2.38. The number of aliphatic hydroxyl groups excluding tert-OH is 1. The smallest absolute Gasteiger partial charge is 0.228 e. The van der Waals surface area contributed by atoms with Crippen molar-refractivity contribution < 1.29 is 5.11 Å². The summed E-state index contributed by atoms with van der Waals surface area (Å²) in [5, 5.41) is 9.41. The van der Waals surface area contributed by atoms with E-state index in [9.17, 15) is 5.11 Å². The highest BCUT2D eigenvalue weighted by Crippen LogP contribution is 2.22. The number of aliphatic imine (C=N–C) groups is 1. The molecule has 0 radical (unpaired) electrons. The highest BCUT2D eigenvalue weighted by molar-refractivity contribution is 6.01. The van der Waals surface area contributed by atoms with Crippen molar-refractivity contribution in [2.24, 2.45) is 17.8 Å². The molecule has 1 unspecified atom stereocenters. The lowest BCUT2D eigenvalue weighted by Gasteiger charge is -2.25. The van der Waals surface area contributed by atoms with Crippen LogP contribution in [-0.4, -0.2) is 33.9 Å². The van der Waals surface area contributed by atoms with Crippen molar-refractivity contribution in [1.82, 2.24) is 9.55 Å². The van der Waals surface area contributed by atoms with E-state index in [2.05, 4.69) is 9.98 Å². The molecule has 0 saturated heterocycles. The van der Waals surface area contributed by atoms with Crippen LogP contribution in [0.25, 0.3) is 0 Å². The van der Waals surface area contributed by atoms with E-state index >= 15 is 0 Å². The van der Waals surface area contributed by atoms with Gasteiger partial charge in [0.25, 0.3) is 0 Å². The van der Waals surface area contributed by atoms with Crippen LogP contribution in [0.4, 0.5) is 5.82 Å². The second kappa shape index (κ2) is 2.46.